The molecule has 1 aromatic rings. The molecule has 26 heavy (non-hydrogen) atoms. The third-order valence-corrected chi connectivity index (χ3v) is 5.44. The van der Waals surface area contributed by atoms with Crippen molar-refractivity contribution in [3.8, 4) is 11.5 Å². The molecule has 0 unspecified atom stereocenters. The van der Waals surface area contributed by atoms with Gasteiger partial charge in [-0.1, -0.05) is 31.1 Å². The van der Waals surface area contributed by atoms with E-state index < -0.39 is 6.36 Å². The van der Waals surface area contributed by atoms with Crippen molar-refractivity contribution in [2.45, 2.75) is 77.2 Å². The quantitative estimate of drug-likeness (QED) is 0.533. The van der Waals surface area contributed by atoms with Crippen molar-refractivity contribution < 1.29 is 22.6 Å². The zero-order chi connectivity index (χ0) is 18.6. The van der Waals surface area contributed by atoms with Gasteiger partial charge in [-0.3, -0.25) is 0 Å². The SMILES string of the molecule is Cc1c(C/C=C/C2CCCC2)ccc(OC2CCCC2)c1OC(F)(F)F. The van der Waals surface area contributed by atoms with Gasteiger partial charge in [0.15, 0.2) is 11.5 Å². The maximum absolute atomic E-state index is 12.9. The van der Waals surface area contributed by atoms with Gasteiger partial charge in [0.25, 0.3) is 0 Å². The van der Waals surface area contributed by atoms with Crippen molar-refractivity contribution in [3.05, 3.63) is 35.4 Å². The Morgan fingerprint density at radius 2 is 1.69 bits per heavy atom. The zero-order valence-corrected chi connectivity index (χ0v) is 15.3. The Labute approximate surface area is 153 Å². The van der Waals surface area contributed by atoms with Crippen LogP contribution < -0.4 is 9.47 Å². The Bertz CT molecular complexity index is 625. The molecule has 0 N–H and O–H groups in total. The van der Waals surface area contributed by atoms with Gasteiger partial charge in [0.2, 0.25) is 0 Å². The molecule has 2 nitrogen and oxygen atoms in total. The smallest absolute Gasteiger partial charge is 0.487 e. The van der Waals surface area contributed by atoms with Crippen LogP contribution in [0.2, 0.25) is 0 Å². The van der Waals surface area contributed by atoms with Gasteiger partial charge < -0.3 is 9.47 Å². The number of benzene rings is 1. The topological polar surface area (TPSA) is 18.5 Å². The fourth-order valence-electron chi connectivity index (χ4n) is 3.99. The summed E-state index contributed by atoms with van der Waals surface area (Å²) in [5, 5.41) is 0. The first-order valence-corrected chi connectivity index (χ1v) is 9.64. The normalized spacial score (nSPS) is 19.5. The van der Waals surface area contributed by atoms with Crippen LogP contribution in [0, 0.1) is 12.8 Å². The Hall–Kier alpha value is -1.65. The molecule has 2 aliphatic rings. The molecule has 0 saturated heterocycles. The van der Waals surface area contributed by atoms with Gasteiger partial charge in [-0.15, -0.1) is 13.2 Å². The summed E-state index contributed by atoms with van der Waals surface area (Å²) in [4.78, 5) is 0. The minimum atomic E-state index is -4.73. The van der Waals surface area contributed by atoms with Crippen molar-refractivity contribution in [2.24, 2.45) is 5.92 Å². The van der Waals surface area contributed by atoms with Crippen LogP contribution in [0.5, 0.6) is 11.5 Å². The van der Waals surface area contributed by atoms with Gasteiger partial charge in [0.1, 0.15) is 0 Å². The van der Waals surface area contributed by atoms with Crippen LogP contribution in [0.15, 0.2) is 24.3 Å². The average Bonchev–Trinajstić information content (AvgIpc) is 3.25. The molecule has 0 spiro atoms. The summed E-state index contributed by atoms with van der Waals surface area (Å²) in [6.07, 6.45) is 9.01. The Morgan fingerprint density at radius 3 is 2.35 bits per heavy atom. The largest absolute Gasteiger partial charge is 0.573 e. The van der Waals surface area contributed by atoms with E-state index in [1.807, 2.05) is 6.07 Å². The van der Waals surface area contributed by atoms with Crippen LogP contribution in [-0.2, 0) is 6.42 Å². The van der Waals surface area contributed by atoms with E-state index >= 15 is 0 Å². The van der Waals surface area contributed by atoms with E-state index in [9.17, 15) is 13.2 Å². The molecule has 144 valence electrons. The first-order valence-electron chi connectivity index (χ1n) is 9.64. The fourth-order valence-corrected chi connectivity index (χ4v) is 3.99. The van der Waals surface area contributed by atoms with E-state index in [4.69, 9.17) is 4.74 Å². The first-order chi connectivity index (χ1) is 12.4. The maximum atomic E-state index is 12.9. The van der Waals surface area contributed by atoms with Gasteiger partial charge in [0, 0.05) is 0 Å². The summed E-state index contributed by atoms with van der Waals surface area (Å²) in [5.41, 5.74) is 1.35. The standard InChI is InChI=1S/C21H27F3O2/c1-15-17(10-6-9-16-7-2-3-8-16)13-14-19(20(15)26-21(22,23)24)25-18-11-4-5-12-18/h6,9,13-14,16,18H,2-5,7-8,10-12H2,1H3/b9-6+. The lowest BCUT2D eigenvalue weighted by Crippen LogP contribution is -2.20. The molecule has 0 radical (unpaired) electrons. The summed E-state index contributed by atoms with van der Waals surface area (Å²) in [5.74, 6) is 0.637. The number of allylic oxidation sites excluding steroid dienone is 2. The van der Waals surface area contributed by atoms with Crippen LogP contribution in [0.25, 0.3) is 0 Å². The van der Waals surface area contributed by atoms with Crippen LogP contribution in [0.1, 0.15) is 62.5 Å². The van der Waals surface area contributed by atoms with Gasteiger partial charge in [-0.25, -0.2) is 0 Å². The third-order valence-electron chi connectivity index (χ3n) is 5.44. The van der Waals surface area contributed by atoms with Crippen LogP contribution in [0.4, 0.5) is 13.2 Å². The second kappa shape index (κ2) is 8.36. The third kappa shape index (κ3) is 5.18. The molecule has 2 fully saturated rings. The highest BCUT2D eigenvalue weighted by molar-refractivity contribution is 5.51. The van der Waals surface area contributed by atoms with Crippen molar-refractivity contribution in [1.82, 2.24) is 0 Å². The van der Waals surface area contributed by atoms with Crippen molar-refractivity contribution in [3.63, 3.8) is 0 Å². The molecular weight excluding hydrogens is 341 g/mol. The molecule has 0 aliphatic heterocycles. The molecule has 0 bridgehead atoms. The number of halogens is 3. The zero-order valence-electron chi connectivity index (χ0n) is 15.3. The van der Waals surface area contributed by atoms with Crippen LogP contribution in [-0.4, -0.2) is 12.5 Å². The Kier molecular flexibility index (Phi) is 6.15. The van der Waals surface area contributed by atoms with E-state index in [0.717, 1.165) is 31.2 Å². The Morgan fingerprint density at radius 1 is 1.04 bits per heavy atom. The second-order valence-corrected chi connectivity index (χ2v) is 7.43. The summed E-state index contributed by atoms with van der Waals surface area (Å²) >= 11 is 0. The number of ether oxygens (including phenoxy) is 2. The summed E-state index contributed by atoms with van der Waals surface area (Å²) in [6.45, 7) is 1.68. The summed E-state index contributed by atoms with van der Waals surface area (Å²) < 4.78 is 48.9. The van der Waals surface area contributed by atoms with Crippen molar-refractivity contribution in [2.75, 3.05) is 0 Å². The van der Waals surface area contributed by atoms with E-state index in [0.29, 0.717) is 17.9 Å². The maximum Gasteiger partial charge on any atom is 0.573 e. The predicted octanol–water partition coefficient (Wildman–Crippen LogP) is 6.50. The second-order valence-electron chi connectivity index (χ2n) is 7.43. The van der Waals surface area contributed by atoms with E-state index in [-0.39, 0.29) is 17.6 Å². The highest BCUT2D eigenvalue weighted by Crippen LogP contribution is 2.39. The minimum Gasteiger partial charge on any atom is -0.487 e. The molecule has 3 rings (SSSR count). The monoisotopic (exact) mass is 368 g/mol. The number of hydrogen-bond donors (Lipinski definition) is 0. The highest BCUT2D eigenvalue weighted by Gasteiger charge is 2.34. The average molecular weight is 368 g/mol. The lowest BCUT2D eigenvalue weighted by atomic mass is 10.0. The molecule has 2 aliphatic carbocycles. The van der Waals surface area contributed by atoms with Gasteiger partial charge in [-0.2, -0.15) is 0 Å². The molecule has 5 heteroatoms. The van der Waals surface area contributed by atoms with Crippen LogP contribution >= 0.6 is 0 Å². The molecule has 0 atom stereocenters. The molecular formula is C21H27F3O2. The van der Waals surface area contributed by atoms with Gasteiger partial charge in [-0.05, 0) is 75.0 Å². The predicted molar refractivity (Wildman–Crippen MR) is 95.5 cm³/mol. The molecule has 0 aromatic heterocycles. The first kappa shape index (κ1) is 19.1. The van der Waals surface area contributed by atoms with E-state index in [1.165, 1.54) is 25.7 Å². The number of alkyl halides is 3. The molecule has 2 saturated carbocycles. The molecule has 0 heterocycles. The van der Waals surface area contributed by atoms with Gasteiger partial charge in [0.05, 0.1) is 6.10 Å². The lowest BCUT2D eigenvalue weighted by molar-refractivity contribution is -0.275. The number of hydrogen-bond acceptors (Lipinski definition) is 2. The Balaban J connectivity index is 1.77. The van der Waals surface area contributed by atoms with Crippen molar-refractivity contribution >= 4 is 0 Å². The van der Waals surface area contributed by atoms with Crippen molar-refractivity contribution in [1.29, 1.82) is 0 Å². The van der Waals surface area contributed by atoms with Crippen LogP contribution in [0.3, 0.4) is 0 Å². The fraction of sp³-hybridized carbons (Fsp3) is 0.619. The minimum absolute atomic E-state index is 0.0157. The molecule has 0 amide bonds. The van der Waals surface area contributed by atoms with E-state index in [1.54, 1.807) is 13.0 Å². The summed E-state index contributed by atoms with van der Waals surface area (Å²) in [7, 11) is 0. The number of rotatable bonds is 6. The van der Waals surface area contributed by atoms with E-state index in [2.05, 4.69) is 16.9 Å². The van der Waals surface area contributed by atoms with Gasteiger partial charge >= 0.3 is 6.36 Å². The molecule has 1 aromatic carbocycles. The highest BCUT2D eigenvalue weighted by atomic mass is 19.4. The summed E-state index contributed by atoms with van der Waals surface area (Å²) in [6, 6.07) is 3.49. The lowest BCUT2D eigenvalue weighted by Gasteiger charge is -2.20.